The van der Waals surface area contributed by atoms with E-state index in [1.165, 1.54) is 98.9 Å². The van der Waals surface area contributed by atoms with E-state index in [1.54, 1.807) is 0 Å². The average molecular weight is 1940 g/mol. The molecular weight excluding hydrogens is 1900 g/mol. The van der Waals surface area contributed by atoms with Crippen molar-refractivity contribution < 1.29 is 0 Å². The van der Waals surface area contributed by atoms with Crippen LogP contribution in [0.2, 0.25) is 0 Å². The molecule has 10 aromatic rings. The molecule has 0 fully saturated rings. The number of rotatable bonds is 12. The fraction of sp³-hybridized carbons (Fsp3) is 0.0476. The van der Waals surface area contributed by atoms with Gasteiger partial charge in [-0.3, -0.25) is 0 Å². The van der Waals surface area contributed by atoms with Gasteiger partial charge in [-0.25, -0.2) is 0 Å². The van der Waals surface area contributed by atoms with Gasteiger partial charge in [-0.1, -0.05) is 127 Å². The van der Waals surface area contributed by atoms with Crippen LogP contribution < -0.4 is 0 Å². The average Bonchev–Trinajstić information content (AvgIpc) is 3.39. The van der Waals surface area contributed by atoms with Crippen molar-refractivity contribution >= 4 is 203 Å². The Morgan fingerprint density at radius 2 is 0.236 bits per heavy atom. The maximum absolute atomic E-state index is 2.58. The lowest BCUT2D eigenvalue weighted by atomic mass is 9.58. The lowest BCUT2D eigenvalue weighted by Gasteiger charge is -2.43. The first-order valence-electron chi connectivity index (χ1n) is 22.8. The minimum Gasteiger partial charge on any atom is -0.0564 e. The summed E-state index contributed by atoms with van der Waals surface area (Å²) in [6.45, 7) is 0. The van der Waals surface area contributed by atoms with E-state index in [1.807, 2.05) is 0 Å². The van der Waals surface area contributed by atoms with E-state index in [-0.39, 0.29) is 0 Å². The van der Waals surface area contributed by atoms with E-state index < -0.39 is 16.2 Å². The normalized spacial score (nSPS) is 12.0. The van der Waals surface area contributed by atoms with Crippen LogP contribution in [0, 0.1) is 32.1 Å². The Hall–Kier alpha value is -1.23. The Labute approximate surface area is 545 Å². The zero-order valence-electron chi connectivity index (χ0n) is 37.9. The molecule has 10 rings (SSSR count). The smallest absolute Gasteiger partial charge is 0.0564 e. The van der Waals surface area contributed by atoms with Crippen LogP contribution in [0.5, 0.6) is 0 Å². The van der Waals surface area contributed by atoms with Crippen molar-refractivity contribution in [2.24, 2.45) is 0 Å². The van der Waals surface area contributed by atoms with Gasteiger partial charge >= 0.3 is 0 Å². The minimum absolute atomic E-state index is 0.796. The molecule has 0 unspecified atom stereocenters. The summed E-state index contributed by atoms with van der Waals surface area (Å²) in [6.07, 6.45) is 0. The van der Waals surface area contributed by atoms with Gasteiger partial charge in [-0.05, 0) is 379 Å². The Morgan fingerprint density at radius 1 is 0.139 bits per heavy atom. The van der Waals surface area contributed by atoms with E-state index in [0.29, 0.717) is 0 Å². The lowest BCUT2D eigenvalue weighted by Crippen LogP contribution is -2.37. The SMILES string of the molecule is Ic1ccc(C(c2ccc(I)cc2)(c2ccc(I)cc2)c2cc(C(c3ccc(I)cc3)(c3ccc(I)cc3)c3ccc(I)cc3)cc(C(c3ccc(I)cc3)(c3ccc(I)cc3)c3ccc(I)cc3)c2)cc1. The van der Waals surface area contributed by atoms with Gasteiger partial charge in [-0.2, -0.15) is 0 Å². The van der Waals surface area contributed by atoms with Crippen molar-refractivity contribution in [1.29, 1.82) is 0 Å². The Balaban J connectivity index is 1.50. The summed E-state index contributed by atoms with van der Waals surface area (Å²) in [5.41, 5.74) is 11.9. The van der Waals surface area contributed by atoms with Crippen molar-refractivity contribution in [1.82, 2.24) is 0 Å². The third-order valence-corrected chi connectivity index (χ3v) is 20.2. The molecule has 0 aliphatic heterocycles. The van der Waals surface area contributed by atoms with Gasteiger partial charge in [0.1, 0.15) is 0 Å². The second-order valence-corrected chi connectivity index (χ2v) is 28.8. The van der Waals surface area contributed by atoms with Crippen LogP contribution in [0.1, 0.15) is 66.8 Å². The molecule has 9 heteroatoms. The third kappa shape index (κ3) is 10.6. The van der Waals surface area contributed by atoms with Gasteiger partial charge in [0.25, 0.3) is 0 Å². The number of hydrogen-bond acceptors (Lipinski definition) is 0. The summed E-state index contributed by atoms with van der Waals surface area (Å²) in [6, 6.07) is 91.1. The van der Waals surface area contributed by atoms with Gasteiger partial charge in [0.05, 0.1) is 16.2 Å². The van der Waals surface area contributed by atoms with E-state index in [2.05, 4.69) is 440 Å². The Morgan fingerprint density at radius 3 is 0.333 bits per heavy atom. The molecule has 0 aliphatic rings. The summed E-state index contributed by atoms with van der Waals surface area (Å²) in [4.78, 5) is 0. The molecule has 0 aromatic heterocycles. The fourth-order valence-electron chi connectivity index (χ4n) is 10.6. The molecule has 0 heterocycles. The van der Waals surface area contributed by atoms with E-state index in [0.717, 1.165) is 0 Å². The number of benzene rings is 10. The molecule has 10 aromatic carbocycles. The zero-order chi connectivity index (χ0) is 50.2. The van der Waals surface area contributed by atoms with Crippen molar-refractivity contribution in [3.63, 3.8) is 0 Å². The maximum Gasteiger partial charge on any atom is 0.0701 e. The summed E-state index contributed by atoms with van der Waals surface area (Å²) in [5.74, 6) is 0. The first-order chi connectivity index (χ1) is 34.8. The van der Waals surface area contributed by atoms with Crippen LogP contribution in [0.4, 0.5) is 0 Å². The van der Waals surface area contributed by atoms with Gasteiger partial charge < -0.3 is 0 Å². The molecule has 0 saturated carbocycles. The second-order valence-electron chi connectivity index (χ2n) is 17.6. The van der Waals surface area contributed by atoms with Crippen LogP contribution in [-0.2, 0) is 16.2 Å². The highest BCUT2D eigenvalue weighted by Gasteiger charge is 2.46. The molecule has 0 bridgehead atoms. The predicted octanol–water partition coefficient (Wildman–Crippen LogP) is 20.3. The van der Waals surface area contributed by atoms with Crippen LogP contribution >= 0.6 is 203 Å². The Kier molecular flexibility index (Phi) is 17.6. The predicted molar refractivity (Wildman–Crippen MR) is 376 cm³/mol. The topological polar surface area (TPSA) is 0 Å². The van der Waals surface area contributed by atoms with Crippen molar-refractivity contribution in [3.8, 4) is 0 Å². The molecular formula is C63H39I9. The highest BCUT2D eigenvalue weighted by Crippen LogP contribution is 2.54. The van der Waals surface area contributed by atoms with Crippen molar-refractivity contribution in [2.45, 2.75) is 16.2 Å². The molecule has 0 nitrogen and oxygen atoms in total. The molecule has 0 aliphatic carbocycles. The second kappa shape index (κ2) is 23.4. The van der Waals surface area contributed by atoms with Gasteiger partial charge in [0.2, 0.25) is 0 Å². The van der Waals surface area contributed by atoms with Gasteiger partial charge in [0.15, 0.2) is 0 Å². The molecule has 0 radical (unpaired) electrons. The highest BCUT2D eigenvalue weighted by atomic mass is 127. The monoisotopic (exact) mass is 1940 g/mol. The lowest BCUT2D eigenvalue weighted by molar-refractivity contribution is 0.692. The number of hydrogen-bond donors (Lipinski definition) is 0. The van der Waals surface area contributed by atoms with Gasteiger partial charge in [-0.15, -0.1) is 0 Å². The first-order valence-corrected chi connectivity index (χ1v) is 32.5. The molecule has 0 atom stereocenters. The molecule has 72 heavy (non-hydrogen) atoms. The largest absolute Gasteiger partial charge is 0.0701 e. The Bertz CT molecular complexity index is 2760. The summed E-state index contributed by atoms with van der Waals surface area (Å²) >= 11 is 22.1. The first kappa shape index (κ1) is 54.1. The highest BCUT2D eigenvalue weighted by molar-refractivity contribution is 14.1. The van der Waals surface area contributed by atoms with Gasteiger partial charge in [0, 0.05) is 32.1 Å². The minimum atomic E-state index is -0.796. The van der Waals surface area contributed by atoms with E-state index in [4.69, 9.17) is 0 Å². The van der Waals surface area contributed by atoms with Crippen molar-refractivity contribution in [3.05, 3.63) is 335 Å². The molecule has 0 spiro atoms. The molecule has 0 N–H and O–H groups in total. The molecule has 354 valence electrons. The van der Waals surface area contributed by atoms with E-state index in [9.17, 15) is 0 Å². The number of halogens is 9. The van der Waals surface area contributed by atoms with Crippen LogP contribution in [0.15, 0.2) is 237 Å². The maximum atomic E-state index is 2.58. The zero-order valence-corrected chi connectivity index (χ0v) is 57.3. The standard InChI is InChI=1S/C63H39I9/c64-52-19-1-40(2-20-52)61(41-3-21-53(65)22-4-41,42-5-23-54(66)24-6-42)49-37-50(62(43-7-25-55(67)26-8-43,44-9-27-56(68)28-10-44)45-11-29-57(69)30-12-45)39-51(38-49)63(46-13-31-58(70)32-14-46,47-15-33-59(71)34-16-47)48-17-35-60(72)36-18-48/h1-39H. The summed E-state index contributed by atoms with van der Waals surface area (Å²) in [5, 5.41) is 0. The van der Waals surface area contributed by atoms with E-state index >= 15 is 0 Å². The van der Waals surface area contributed by atoms with Crippen LogP contribution in [0.3, 0.4) is 0 Å². The molecule has 0 saturated heterocycles. The third-order valence-electron chi connectivity index (χ3n) is 13.7. The fourth-order valence-corrected chi connectivity index (χ4v) is 13.8. The van der Waals surface area contributed by atoms with Crippen LogP contribution in [-0.4, -0.2) is 0 Å². The van der Waals surface area contributed by atoms with Crippen LogP contribution in [0.25, 0.3) is 0 Å². The summed E-state index contributed by atoms with van der Waals surface area (Å²) in [7, 11) is 0. The quantitative estimate of drug-likeness (QED) is 0.0845. The van der Waals surface area contributed by atoms with Crippen molar-refractivity contribution in [2.75, 3.05) is 0 Å². The molecule has 0 amide bonds. The summed E-state index contributed by atoms with van der Waals surface area (Å²) < 4.78 is 10.7.